The third kappa shape index (κ3) is 3.26. The quantitative estimate of drug-likeness (QED) is 0.445. The van der Waals surface area contributed by atoms with Crippen molar-refractivity contribution < 1.29 is 35.5 Å². The third-order valence-corrected chi connectivity index (χ3v) is 4.04. The molecule has 1 aliphatic rings. The molecule has 2 amide bonds. The number of imide groups is 1. The Kier molecular flexibility index (Phi) is 4.83. The number of rotatable bonds is 4. The number of hydrogen-bond donors (Lipinski definition) is 0. The molecule has 6 nitrogen and oxygen atoms in total. The molecule has 1 fully saturated rings. The maximum absolute atomic E-state index is 12.2. The Morgan fingerprint density at radius 3 is 2.24 bits per heavy atom. The highest BCUT2D eigenvalue weighted by atomic mass is 32.2. The Balaban J connectivity index is 3.07. The SMILES string of the molecule is C/C=C\C(C)C1C(=O)N(OS(=O)(=O)C(F)(F)F)C(=O)C1C. The molecule has 1 rings (SSSR count). The van der Waals surface area contributed by atoms with Crippen LogP contribution < -0.4 is 0 Å². The lowest BCUT2D eigenvalue weighted by Gasteiger charge is -2.17. The van der Waals surface area contributed by atoms with E-state index in [1.807, 2.05) is 0 Å². The minimum Gasteiger partial charge on any atom is -0.272 e. The summed E-state index contributed by atoms with van der Waals surface area (Å²) in [4.78, 5) is 23.7. The number of alkyl halides is 3. The molecule has 3 unspecified atom stereocenters. The van der Waals surface area contributed by atoms with Gasteiger partial charge in [-0.15, -0.1) is 9.35 Å². The molecule has 0 aromatic carbocycles. The normalized spacial score (nSPS) is 25.9. The number of halogens is 3. The number of carbonyl (C=O) groups excluding carboxylic acids is 2. The van der Waals surface area contributed by atoms with Crippen molar-refractivity contribution in [2.45, 2.75) is 26.3 Å². The summed E-state index contributed by atoms with van der Waals surface area (Å²) in [6, 6.07) is 0. The van der Waals surface area contributed by atoms with Crippen LogP contribution in [0, 0.1) is 17.8 Å². The third-order valence-electron chi connectivity index (χ3n) is 3.13. The average molecular weight is 329 g/mol. The summed E-state index contributed by atoms with van der Waals surface area (Å²) in [6.07, 6.45) is 3.21. The molecular weight excluding hydrogens is 315 g/mol. The largest absolute Gasteiger partial charge is 0.525 e. The Morgan fingerprint density at radius 2 is 1.81 bits per heavy atom. The average Bonchev–Trinajstić information content (AvgIpc) is 2.52. The molecule has 10 heteroatoms. The van der Waals surface area contributed by atoms with Gasteiger partial charge in [0, 0.05) is 0 Å². The number of carbonyl (C=O) groups is 2. The van der Waals surface area contributed by atoms with Crippen LogP contribution in [-0.2, 0) is 24.0 Å². The van der Waals surface area contributed by atoms with E-state index in [1.54, 1.807) is 26.0 Å². The highest BCUT2D eigenvalue weighted by molar-refractivity contribution is 7.87. The van der Waals surface area contributed by atoms with Crippen molar-refractivity contribution in [3.05, 3.63) is 12.2 Å². The van der Waals surface area contributed by atoms with Crippen LogP contribution in [0.2, 0.25) is 0 Å². The zero-order valence-electron chi connectivity index (χ0n) is 11.4. The highest BCUT2D eigenvalue weighted by Gasteiger charge is 2.55. The van der Waals surface area contributed by atoms with Gasteiger partial charge in [0.25, 0.3) is 11.8 Å². The molecule has 0 radical (unpaired) electrons. The summed E-state index contributed by atoms with van der Waals surface area (Å²) >= 11 is 0. The van der Waals surface area contributed by atoms with E-state index in [-0.39, 0.29) is 5.06 Å². The van der Waals surface area contributed by atoms with Gasteiger partial charge in [0.05, 0.1) is 11.8 Å². The van der Waals surface area contributed by atoms with Gasteiger partial charge in [-0.2, -0.15) is 21.6 Å². The van der Waals surface area contributed by atoms with Crippen LogP contribution in [0.3, 0.4) is 0 Å². The maximum Gasteiger partial charge on any atom is 0.525 e. The predicted octanol–water partition coefficient (Wildman–Crippen LogP) is 1.60. The molecule has 0 aromatic heterocycles. The van der Waals surface area contributed by atoms with E-state index in [9.17, 15) is 31.2 Å². The maximum atomic E-state index is 12.2. The zero-order valence-corrected chi connectivity index (χ0v) is 12.2. The van der Waals surface area contributed by atoms with Crippen molar-refractivity contribution in [1.29, 1.82) is 0 Å². The molecule has 1 aliphatic heterocycles. The van der Waals surface area contributed by atoms with Gasteiger partial charge in [-0.3, -0.25) is 9.59 Å². The first-order valence-electron chi connectivity index (χ1n) is 5.95. The number of hydrogen-bond acceptors (Lipinski definition) is 5. The van der Waals surface area contributed by atoms with E-state index >= 15 is 0 Å². The summed E-state index contributed by atoms with van der Waals surface area (Å²) in [5.41, 5.74) is -5.72. The van der Waals surface area contributed by atoms with Crippen molar-refractivity contribution in [3.8, 4) is 0 Å². The van der Waals surface area contributed by atoms with Crippen LogP contribution >= 0.6 is 0 Å². The Morgan fingerprint density at radius 1 is 1.29 bits per heavy atom. The molecule has 120 valence electrons. The molecule has 0 bridgehead atoms. The standard InChI is InChI=1S/C11H14F3NO5S/c1-4-5-6(2)8-7(3)9(16)15(10(8)17)20-21(18,19)11(12,13)14/h4-8H,1-3H3/b5-4-. The van der Waals surface area contributed by atoms with Crippen molar-refractivity contribution in [3.63, 3.8) is 0 Å². The summed E-state index contributed by atoms with van der Waals surface area (Å²) in [6.45, 7) is 4.59. The summed E-state index contributed by atoms with van der Waals surface area (Å²) in [5, 5.41) is -0.307. The first kappa shape index (κ1) is 17.6. The van der Waals surface area contributed by atoms with Gasteiger partial charge < -0.3 is 0 Å². The van der Waals surface area contributed by atoms with Crippen molar-refractivity contribution in [2.24, 2.45) is 17.8 Å². The van der Waals surface area contributed by atoms with Gasteiger partial charge in [-0.05, 0) is 12.8 Å². The first-order chi connectivity index (χ1) is 9.44. The predicted molar refractivity (Wildman–Crippen MR) is 64.5 cm³/mol. The van der Waals surface area contributed by atoms with Gasteiger partial charge in [-0.1, -0.05) is 26.0 Å². The molecule has 0 saturated carbocycles. The molecular formula is C11H14F3NO5S. The molecule has 0 spiro atoms. The highest BCUT2D eigenvalue weighted by Crippen LogP contribution is 2.35. The van der Waals surface area contributed by atoms with Crippen molar-refractivity contribution in [2.75, 3.05) is 0 Å². The minimum atomic E-state index is -6.07. The topological polar surface area (TPSA) is 80.8 Å². The molecule has 1 saturated heterocycles. The molecule has 1 heterocycles. The molecule has 3 atom stereocenters. The van der Waals surface area contributed by atoms with Gasteiger partial charge in [0.15, 0.2) is 0 Å². The van der Waals surface area contributed by atoms with Gasteiger partial charge >= 0.3 is 15.6 Å². The number of hydroxylamine groups is 2. The molecule has 0 aliphatic carbocycles. The summed E-state index contributed by atoms with van der Waals surface area (Å²) in [5.74, 6) is -4.63. The van der Waals surface area contributed by atoms with Gasteiger partial charge in [-0.25, -0.2) is 0 Å². The fourth-order valence-electron chi connectivity index (χ4n) is 2.11. The van der Waals surface area contributed by atoms with Crippen molar-refractivity contribution in [1.82, 2.24) is 5.06 Å². The van der Waals surface area contributed by atoms with Crippen molar-refractivity contribution >= 4 is 21.9 Å². The van der Waals surface area contributed by atoms with E-state index in [1.165, 1.54) is 6.92 Å². The second kappa shape index (κ2) is 5.76. The van der Waals surface area contributed by atoms with E-state index in [0.717, 1.165) is 0 Å². The summed E-state index contributed by atoms with van der Waals surface area (Å²) < 4.78 is 62.2. The Bertz CT molecular complexity index is 569. The lowest BCUT2D eigenvalue weighted by Crippen LogP contribution is -2.38. The van der Waals surface area contributed by atoms with E-state index in [4.69, 9.17) is 0 Å². The van der Waals surface area contributed by atoms with Crippen LogP contribution in [-0.4, -0.2) is 30.8 Å². The minimum absolute atomic E-state index is 0.307. The second-order valence-electron chi connectivity index (χ2n) is 4.64. The van der Waals surface area contributed by atoms with E-state index in [0.29, 0.717) is 0 Å². The zero-order chi connectivity index (χ0) is 16.6. The number of allylic oxidation sites excluding steroid dienone is 2. The van der Waals surface area contributed by atoms with Gasteiger partial charge in [0.2, 0.25) is 0 Å². The Labute approximate surface area is 119 Å². The monoisotopic (exact) mass is 329 g/mol. The van der Waals surface area contributed by atoms with E-state index in [2.05, 4.69) is 4.28 Å². The smallest absolute Gasteiger partial charge is 0.272 e. The fourth-order valence-corrected chi connectivity index (χ4v) is 2.54. The lowest BCUT2D eigenvalue weighted by molar-refractivity contribution is -0.168. The Hall–Kier alpha value is -1.42. The molecule has 0 aromatic rings. The number of nitrogens with zero attached hydrogens (tertiary/aromatic N) is 1. The van der Waals surface area contributed by atoms with Crippen LogP contribution in [0.4, 0.5) is 13.2 Å². The first-order valence-corrected chi connectivity index (χ1v) is 7.36. The van der Waals surface area contributed by atoms with E-state index < -0.39 is 45.2 Å². The molecule has 0 N–H and O–H groups in total. The van der Waals surface area contributed by atoms with Crippen LogP contribution in [0.15, 0.2) is 12.2 Å². The van der Waals surface area contributed by atoms with Gasteiger partial charge in [0.1, 0.15) is 0 Å². The molecule has 21 heavy (non-hydrogen) atoms. The van der Waals surface area contributed by atoms with Crippen LogP contribution in [0.5, 0.6) is 0 Å². The lowest BCUT2D eigenvalue weighted by atomic mass is 9.85. The second-order valence-corrected chi connectivity index (χ2v) is 6.16. The number of amides is 2. The summed E-state index contributed by atoms with van der Waals surface area (Å²) in [7, 11) is -6.07. The fraction of sp³-hybridized carbons (Fsp3) is 0.636. The van der Waals surface area contributed by atoms with Crippen LogP contribution in [0.25, 0.3) is 0 Å². The van der Waals surface area contributed by atoms with Crippen LogP contribution in [0.1, 0.15) is 20.8 Å².